The molecule has 0 fully saturated rings. The molecular weight excluding hydrogens is 342 g/mol. The molecule has 0 saturated heterocycles. The van der Waals surface area contributed by atoms with Crippen LogP contribution in [0.1, 0.15) is 44.3 Å². The number of ketones is 1. The standard InChI is InChI=1S/C22H19NO2S/c1-16-22(20(25)9-5-8-17-6-3-2-4-7-17)26-21(23-16)15-12-18-10-13-19(24)14-11-18/h2-4,6-7,10-11,13-14,24H,5,8-9H2,1H3. The van der Waals surface area contributed by atoms with Crippen LogP contribution in [0.5, 0.6) is 5.75 Å². The van der Waals surface area contributed by atoms with E-state index in [4.69, 9.17) is 0 Å². The molecule has 0 aliphatic carbocycles. The highest BCUT2D eigenvalue weighted by atomic mass is 32.1. The van der Waals surface area contributed by atoms with Gasteiger partial charge in [0.2, 0.25) is 0 Å². The second kappa shape index (κ2) is 8.46. The summed E-state index contributed by atoms with van der Waals surface area (Å²) < 4.78 is 0. The molecule has 0 unspecified atom stereocenters. The van der Waals surface area contributed by atoms with E-state index in [1.807, 2.05) is 25.1 Å². The Hall–Kier alpha value is -2.90. The van der Waals surface area contributed by atoms with Crippen LogP contribution in [0.2, 0.25) is 0 Å². The highest BCUT2D eigenvalue weighted by molar-refractivity contribution is 7.14. The minimum absolute atomic E-state index is 0.133. The lowest BCUT2D eigenvalue weighted by atomic mass is 10.1. The van der Waals surface area contributed by atoms with Crippen molar-refractivity contribution < 1.29 is 9.90 Å². The Bertz CT molecular complexity index is 947. The largest absolute Gasteiger partial charge is 0.508 e. The fourth-order valence-electron chi connectivity index (χ4n) is 2.59. The highest BCUT2D eigenvalue weighted by Gasteiger charge is 2.14. The monoisotopic (exact) mass is 361 g/mol. The third kappa shape index (κ3) is 4.81. The molecule has 3 rings (SSSR count). The van der Waals surface area contributed by atoms with Crippen molar-refractivity contribution in [2.75, 3.05) is 0 Å². The van der Waals surface area contributed by atoms with Gasteiger partial charge in [-0.25, -0.2) is 4.98 Å². The van der Waals surface area contributed by atoms with Gasteiger partial charge in [-0.3, -0.25) is 4.79 Å². The van der Waals surface area contributed by atoms with Crippen LogP contribution in [0.15, 0.2) is 54.6 Å². The molecule has 130 valence electrons. The molecule has 0 aliphatic heterocycles. The molecule has 0 amide bonds. The number of phenols is 1. The summed E-state index contributed by atoms with van der Waals surface area (Å²) in [4.78, 5) is 17.6. The molecule has 3 aromatic rings. The van der Waals surface area contributed by atoms with Crippen molar-refractivity contribution in [3.05, 3.63) is 81.3 Å². The number of phenolic OH excluding ortho intramolecular Hbond substituents is 1. The van der Waals surface area contributed by atoms with Gasteiger partial charge in [0.25, 0.3) is 0 Å². The number of rotatable bonds is 5. The number of hydrogen-bond acceptors (Lipinski definition) is 4. The first-order chi connectivity index (χ1) is 12.6. The van der Waals surface area contributed by atoms with Crippen molar-refractivity contribution in [2.45, 2.75) is 26.2 Å². The molecule has 1 N–H and O–H groups in total. The van der Waals surface area contributed by atoms with Crippen LogP contribution in [0.25, 0.3) is 0 Å². The Morgan fingerprint density at radius 3 is 2.54 bits per heavy atom. The summed E-state index contributed by atoms with van der Waals surface area (Å²) in [6.07, 6.45) is 2.25. The van der Waals surface area contributed by atoms with Crippen LogP contribution in [-0.4, -0.2) is 15.9 Å². The number of carbonyl (C=O) groups excluding carboxylic acids is 1. The molecule has 0 aliphatic rings. The van der Waals surface area contributed by atoms with Gasteiger partial charge in [0.1, 0.15) is 5.75 Å². The van der Waals surface area contributed by atoms with E-state index in [9.17, 15) is 9.90 Å². The predicted molar refractivity (Wildman–Crippen MR) is 105 cm³/mol. The summed E-state index contributed by atoms with van der Waals surface area (Å²) in [5, 5.41) is 9.93. The lowest BCUT2D eigenvalue weighted by Gasteiger charge is -2.00. The smallest absolute Gasteiger partial charge is 0.174 e. The lowest BCUT2D eigenvalue weighted by Crippen LogP contribution is -1.99. The van der Waals surface area contributed by atoms with Gasteiger partial charge in [0.15, 0.2) is 10.8 Å². The van der Waals surface area contributed by atoms with Crippen molar-refractivity contribution in [1.29, 1.82) is 0 Å². The topological polar surface area (TPSA) is 50.2 Å². The first-order valence-corrected chi connectivity index (χ1v) is 9.29. The molecule has 3 nitrogen and oxygen atoms in total. The fourth-order valence-corrected chi connectivity index (χ4v) is 3.48. The van der Waals surface area contributed by atoms with E-state index in [-0.39, 0.29) is 11.5 Å². The van der Waals surface area contributed by atoms with E-state index in [0.717, 1.165) is 24.1 Å². The van der Waals surface area contributed by atoms with E-state index in [2.05, 4.69) is 29.0 Å². The van der Waals surface area contributed by atoms with Gasteiger partial charge in [0, 0.05) is 12.0 Å². The van der Waals surface area contributed by atoms with Gasteiger partial charge in [-0.1, -0.05) is 36.3 Å². The van der Waals surface area contributed by atoms with Gasteiger partial charge in [-0.2, -0.15) is 0 Å². The lowest BCUT2D eigenvalue weighted by molar-refractivity contribution is 0.0983. The van der Waals surface area contributed by atoms with Crippen molar-refractivity contribution >= 4 is 17.1 Å². The average molecular weight is 361 g/mol. The van der Waals surface area contributed by atoms with Crippen molar-refractivity contribution in [1.82, 2.24) is 4.98 Å². The van der Waals surface area contributed by atoms with E-state index >= 15 is 0 Å². The summed E-state index contributed by atoms with van der Waals surface area (Å²) in [5.41, 5.74) is 2.79. The minimum Gasteiger partial charge on any atom is -0.508 e. The number of hydrogen-bond donors (Lipinski definition) is 1. The van der Waals surface area contributed by atoms with Crippen LogP contribution in [-0.2, 0) is 6.42 Å². The number of aryl methyl sites for hydroxylation is 2. The Labute approximate surface area is 157 Å². The first-order valence-electron chi connectivity index (χ1n) is 8.47. The van der Waals surface area contributed by atoms with Crippen LogP contribution in [0.4, 0.5) is 0 Å². The molecule has 0 saturated carbocycles. The predicted octanol–water partition coefficient (Wildman–Crippen LogP) is 4.76. The van der Waals surface area contributed by atoms with Gasteiger partial charge in [0.05, 0.1) is 10.6 Å². The van der Waals surface area contributed by atoms with Crippen LogP contribution < -0.4 is 0 Å². The number of carbonyl (C=O) groups is 1. The van der Waals surface area contributed by atoms with Crippen molar-refractivity contribution in [3.63, 3.8) is 0 Å². The summed E-state index contributed by atoms with van der Waals surface area (Å²) in [6, 6.07) is 16.9. The fraction of sp³-hybridized carbons (Fsp3) is 0.182. The van der Waals surface area contributed by atoms with Crippen LogP contribution >= 0.6 is 11.3 Å². The summed E-state index contributed by atoms with van der Waals surface area (Å²) in [7, 11) is 0. The maximum Gasteiger partial charge on any atom is 0.174 e. The van der Waals surface area contributed by atoms with Gasteiger partial charge >= 0.3 is 0 Å². The van der Waals surface area contributed by atoms with Gasteiger partial charge in [-0.05, 0) is 55.5 Å². The molecule has 0 atom stereocenters. The Morgan fingerprint density at radius 1 is 1.08 bits per heavy atom. The minimum atomic E-state index is 0.133. The third-order valence-electron chi connectivity index (χ3n) is 3.94. The van der Waals surface area contributed by atoms with Crippen LogP contribution in [0.3, 0.4) is 0 Å². The van der Waals surface area contributed by atoms with E-state index < -0.39 is 0 Å². The second-order valence-electron chi connectivity index (χ2n) is 5.99. The number of nitrogens with zero attached hydrogens (tertiary/aromatic N) is 1. The highest BCUT2D eigenvalue weighted by Crippen LogP contribution is 2.20. The number of aromatic hydroxyl groups is 1. The molecule has 1 aromatic heterocycles. The zero-order valence-electron chi connectivity index (χ0n) is 14.5. The molecule has 26 heavy (non-hydrogen) atoms. The SMILES string of the molecule is Cc1nc(C#Cc2ccc(O)cc2)sc1C(=O)CCCc1ccccc1. The van der Waals surface area contributed by atoms with E-state index in [1.54, 1.807) is 24.3 Å². The summed E-state index contributed by atoms with van der Waals surface area (Å²) >= 11 is 1.35. The number of aromatic nitrogens is 1. The maximum absolute atomic E-state index is 12.5. The van der Waals surface area contributed by atoms with Gasteiger partial charge in [-0.15, -0.1) is 11.3 Å². The van der Waals surface area contributed by atoms with Crippen molar-refractivity contribution in [3.8, 4) is 17.6 Å². The maximum atomic E-state index is 12.5. The Balaban J connectivity index is 1.62. The van der Waals surface area contributed by atoms with Crippen molar-refractivity contribution in [2.24, 2.45) is 0 Å². The Morgan fingerprint density at radius 2 is 1.81 bits per heavy atom. The average Bonchev–Trinajstić information content (AvgIpc) is 3.03. The molecule has 0 spiro atoms. The first kappa shape index (κ1) is 17.9. The number of benzene rings is 2. The van der Waals surface area contributed by atoms with E-state index in [1.165, 1.54) is 16.9 Å². The van der Waals surface area contributed by atoms with Crippen LogP contribution in [0, 0.1) is 18.8 Å². The molecule has 0 bridgehead atoms. The summed E-state index contributed by atoms with van der Waals surface area (Å²) in [6.45, 7) is 1.85. The molecule has 2 aromatic carbocycles. The molecule has 4 heteroatoms. The molecule has 1 heterocycles. The second-order valence-corrected chi connectivity index (χ2v) is 6.99. The summed E-state index contributed by atoms with van der Waals surface area (Å²) in [5.74, 6) is 6.35. The van der Waals surface area contributed by atoms with Gasteiger partial charge < -0.3 is 5.11 Å². The molecule has 0 radical (unpaired) electrons. The zero-order chi connectivity index (χ0) is 18.4. The third-order valence-corrected chi connectivity index (χ3v) is 5.06. The molecular formula is C22H19NO2S. The normalized spacial score (nSPS) is 10.2. The quantitative estimate of drug-likeness (QED) is 0.526. The zero-order valence-corrected chi connectivity index (χ0v) is 15.3. The van der Waals surface area contributed by atoms with E-state index in [0.29, 0.717) is 16.3 Å². The number of thiazole rings is 1. The Kier molecular flexibility index (Phi) is 5.83. The number of Topliss-reactive ketones (excluding diaryl/α,β-unsaturated/α-hetero) is 1.